The van der Waals surface area contributed by atoms with Gasteiger partial charge in [0.05, 0.1) is 4.92 Å². The molecule has 8 nitrogen and oxygen atoms in total. The van der Waals surface area contributed by atoms with Crippen LogP contribution in [0.5, 0.6) is 0 Å². The summed E-state index contributed by atoms with van der Waals surface area (Å²) in [6.45, 7) is 2.61. The number of benzene rings is 1. The molecule has 0 atom stereocenters. The molecule has 2 N–H and O–H groups in total. The van der Waals surface area contributed by atoms with Crippen LogP contribution in [0.15, 0.2) is 24.3 Å². The van der Waals surface area contributed by atoms with Gasteiger partial charge in [-0.15, -0.1) is 10.2 Å². The van der Waals surface area contributed by atoms with Crippen LogP contribution in [0.3, 0.4) is 0 Å². The van der Waals surface area contributed by atoms with E-state index in [9.17, 15) is 14.9 Å². The minimum Gasteiger partial charge on any atom is -0.360 e. The number of carbonyl (C=O) groups is 1. The molecule has 0 saturated heterocycles. The van der Waals surface area contributed by atoms with Crippen molar-refractivity contribution < 1.29 is 9.72 Å². The molecule has 1 aromatic carbocycles. The van der Waals surface area contributed by atoms with Crippen LogP contribution in [0.1, 0.15) is 16.7 Å². The Hall–Kier alpha value is -2.55. The summed E-state index contributed by atoms with van der Waals surface area (Å²) in [5.41, 5.74) is 0.425. The molecule has 0 aliphatic rings. The van der Waals surface area contributed by atoms with Gasteiger partial charge in [-0.2, -0.15) is 0 Å². The Morgan fingerprint density at radius 2 is 2.05 bits per heavy atom. The molecule has 0 radical (unpaired) electrons. The molecule has 0 spiro atoms. The van der Waals surface area contributed by atoms with Crippen LogP contribution in [0.2, 0.25) is 0 Å². The van der Waals surface area contributed by atoms with Crippen molar-refractivity contribution in [1.29, 1.82) is 0 Å². The number of nitro benzene ring substituents is 1. The summed E-state index contributed by atoms with van der Waals surface area (Å²) in [6, 6.07) is 5.56. The number of nitrogens with zero attached hydrogens (tertiary/aromatic N) is 3. The second-order valence-electron chi connectivity index (χ2n) is 3.70. The lowest BCUT2D eigenvalue weighted by atomic mass is 10.3. The molecule has 0 unspecified atom stereocenters. The summed E-state index contributed by atoms with van der Waals surface area (Å²) in [7, 11) is 0. The summed E-state index contributed by atoms with van der Waals surface area (Å²) >= 11 is 1.14. The van der Waals surface area contributed by atoms with E-state index >= 15 is 0 Å². The number of rotatable bonds is 5. The first-order valence-electron chi connectivity index (χ1n) is 5.73. The molecule has 0 aliphatic carbocycles. The Bertz CT molecular complexity index is 625. The molecular formula is C11H11N5O3S. The standard InChI is InChI=1S/C11H11N5O3S/c1-2-12-11-15-14-10(20-11)9(17)13-7-3-5-8(6-4-7)16(18)19/h3-6H,2H2,1H3,(H,12,15)(H,13,17). The third-order valence-electron chi connectivity index (χ3n) is 2.28. The molecule has 0 saturated carbocycles. The molecule has 2 aromatic rings. The average Bonchev–Trinajstić information content (AvgIpc) is 2.88. The predicted octanol–water partition coefficient (Wildman–Crippen LogP) is 2.13. The Kier molecular flexibility index (Phi) is 4.20. The molecule has 1 aromatic heterocycles. The Morgan fingerprint density at radius 1 is 1.35 bits per heavy atom. The van der Waals surface area contributed by atoms with Crippen LogP contribution >= 0.6 is 11.3 Å². The second kappa shape index (κ2) is 6.06. The molecular weight excluding hydrogens is 282 g/mol. The van der Waals surface area contributed by atoms with Gasteiger partial charge in [0.2, 0.25) is 10.1 Å². The zero-order chi connectivity index (χ0) is 14.5. The summed E-state index contributed by atoms with van der Waals surface area (Å²) < 4.78 is 0. The van der Waals surface area contributed by atoms with E-state index in [1.54, 1.807) is 0 Å². The maximum atomic E-state index is 11.9. The molecule has 2 rings (SSSR count). The molecule has 20 heavy (non-hydrogen) atoms. The van der Waals surface area contributed by atoms with Gasteiger partial charge in [0, 0.05) is 24.4 Å². The van der Waals surface area contributed by atoms with E-state index in [0.717, 1.165) is 11.3 Å². The number of nitro groups is 1. The zero-order valence-corrected chi connectivity index (χ0v) is 11.3. The lowest BCUT2D eigenvalue weighted by molar-refractivity contribution is -0.384. The van der Waals surface area contributed by atoms with Gasteiger partial charge in [-0.25, -0.2) is 0 Å². The molecule has 0 fully saturated rings. The van der Waals surface area contributed by atoms with Gasteiger partial charge < -0.3 is 10.6 Å². The molecule has 0 aliphatic heterocycles. The van der Waals surface area contributed by atoms with E-state index in [1.165, 1.54) is 24.3 Å². The predicted molar refractivity (Wildman–Crippen MR) is 75.1 cm³/mol. The van der Waals surface area contributed by atoms with Crippen LogP contribution in [0.25, 0.3) is 0 Å². The molecule has 9 heteroatoms. The highest BCUT2D eigenvalue weighted by atomic mass is 32.1. The van der Waals surface area contributed by atoms with Gasteiger partial charge in [0.15, 0.2) is 0 Å². The van der Waals surface area contributed by atoms with Crippen molar-refractivity contribution in [2.24, 2.45) is 0 Å². The summed E-state index contributed by atoms with van der Waals surface area (Å²) in [6.07, 6.45) is 0. The van der Waals surface area contributed by atoms with E-state index in [4.69, 9.17) is 0 Å². The second-order valence-corrected chi connectivity index (χ2v) is 4.68. The van der Waals surface area contributed by atoms with Crippen LogP contribution in [-0.4, -0.2) is 27.6 Å². The van der Waals surface area contributed by atoms with Gasteiger partial charge in [0.25, 0.3) is 11.6 Å². The smallest absolute Gasteiger partial charge is 0.286 e. The van der Waals surface area contributed by atoms with Crippen LogP contribution in [0.4, 0.5) is 16.5 Å². The molecule has 1 amide bonds. The van der Waals surface area contributed by atoms with Gasteiger partial charge >= 0.3 is 0 Å². The monoisotopic (exact) mass is 293 g/mol. The number of hydrogen-bond acceptors (Lipinski definition) is 7. The van der Waals surface area contributed by atoms with Crippen molar-refractivity contribution in [2.75, 3.05) is 17.2 Å². The number of non-ortho nitro benzene ring substituents is 1. The number of anilines is 2. The third kappa shape index (κ3) is 3.26. The van der Waals surface area contributed by atoms with Crippen LogP contribution in [0, 0.1) is 10.1 Å². The van der Waals surface area contributed by atoms with Gasteiger partial charge in [-0.05, 0) is 19.1 Å². The van der Waals surface area contributed by atoms with Gasteiger partial charge in [-0.3, -0.25) is 14.9 Å². The maximum absolute atomic E-state index is 11.9. The summed E-state index contributed by atoms with van der Waals surface area (Å²) in [5, 5.41) is 24.4. The van der Waals surface area contributed by atoms with E-state index in [-0.39, 0.29) is 10.7 Å². The normalized spacial score (nSPS) is 10.1. The number of carbonyl (C=O) groups excluding carboxylic acids is 1. The Balaban J connectivity index is 2.04. The van der Waals surface area contributed by atoms with E-state index in [1.807, 2.05) is 6.92 Å². The SMILES string of the molecule is CCNc1nnc(C(=O)Nc2ccc([N+](=O)[O-])cc2)s1. The number of amides is 1. The number of aromatic nitrogens is 2. The highest BCUT2D eigenvalue weighted by Crippen LogP contribution is 2.18. The molecule has 1 heterocycles. The van der Waals surface area contributed by atoms with Crippen molar-refractivity contribution in [3.05, 3.63) is 39.4 Å². The first-order chi connectivity index (χ1) is 9.60. The number of nitrogens with one attached hydrogen (secondary N) is 2. The minimum atomic E-state index is -0.501. The fourth-order valence-electron chi connectivity index (χ4n) is 1.39. The topological polar surface area (TPSA) is 110 Å². The van der Waals surface area contributed by atoms with Crippen molar-refractivity contribution >= 4 is 33.8 Å². The largest absolute Gasteiger partial charge is 0.360 e. The van der Waals surface area contributed by atoms with Crippen molar-refractivity contribution in [3.63, 3.8) is 0 Å². The third-order valence-corrected chi connectivity index (χ3v) is 3.16. The lowest BCUT2D eigenvalue weighted by Crippen LogP contribution is -2.11. The van der Waals surface area contributed by atoms with E-state index in [2.05, 4.69) is 20.8 Å². The lowest BCUT2D eigenvalue weighted by Gasteiger charge is -2.01. The van der Waals surface area contributed by atoms with Gasteiger partial charge in [-0.1, -0.05) is 11.3 Å². The molecule has 104 valence electrons. The van der Waals surface area contributed by atoms with E-state index in [0.29, 0.717) is 17.4 Å². The zero-order valence-electron chi connectivity index (χ0n) is 10.5. The van der Waals surface area contributed by atoms with Crippen LogP contribution in [-0.2, 0) is 0 Å². The van der Waals surface area contributed by atoms with Gasteiger partial charge in [0.1, 0.15) is 0 Å². The minimum absolute atomic E-state index is 0.0339. The number of hydrogen-bond donors (Lipinski definition) is 2. The first kappa shape index (κ1) is 13.9. The quantitative estimate of drug-likeness (QED) is 0.645. The first-order valence-corrected chi connectivity index (χ1v) is 6.55. The Labute approximate surface area is 118 Å². The van der Waals surface area contributed by atoms with Crippen molar-refractivity contribution in [2.45, 2.75) is 6.92 Å². The molecule has 0 bridgehead atoms. The summed E-state index contributed by atoms with van der Waals surface area (Å²) in [5.74, 6) is -0.402. The highest BCUT2D eigenvalue weighted by molar-refractivity contribution is 7.17. The van der Waals surface area contributed by atoms with Crippen molar-refractivity contribution in [3.8, 4) is 0 Å². The van der Waals surface area contributed by atoms with Crippen LogP contribution < -0.4 is 10.6 Å². The highest BCUT2D eigenvalue weighted by Gasteiger charge is 2.13. The fraction of sp³-hybridized carbons (Fsp3) is 0.182. The van der Waals surface area contributed by atoms with Crippen molar-refractivity contribution in [1.82, 2.24) is 10.2 Å². The average molecular weight is 293 g/mol. The summed E-state index contributed by atoms with van der Waals surface area (Å²) in [4.78, 5) is 21.9. The fourth-order valence-corrected chi connectivity index (χ4v) is 2.10. The Morgan fingerprint density at radius 3 is 2.65 bits per heavy atom. The maximum Gasteiger partial charge on any atom is 0.286 e. The van der Waals surface area contributed by atoms with E-state index < -0.39 is 10.8 Å².